The van der Waals surface area contributed by atoms with Crippen LogP contribution >= 0.6 is 0 Å². The number of rotatable bonds is 0. The number of nitrogens with zero attached hydrogens (tertiary/aromatic N) is 2. The molecule has 0 heterocycles. The average molecular weight is 206 g/mol. The van der Waals surface area contributed by atoms with Gasteiger partial charge in [-0.15, -0.1) is 4.99 Å². The number of primary amides is 2. The monoisotopic (exact) mass is 206 g/mol. The standard InChI is InChI=1S/C2H4N4.CH4N2O.BH3O3/c3-1-6-2(4)5;2*2-1(3)4/h(H4,4,5,6);(H4,2,3,4);2-4H. The second kappa shape index (κ2) is 13.6. The van der Waals surface area contributed by atoms with Gasteiger partial charge in [-0.05, 0) is 0 Å². The fourth-order valence-corrected chi connectivity index (χ4v) is 0.0577. The maximum atomic E-state index is 9.00. The van der Waals surface area contributed by atoms with Gasteiger partial charge in [0.05, 0.1) is 0 Å². The molecule has 0 saturated heterocycles. The number of nitrogens with two attached hydrogens (primary N) is 4. The Bertz CT molecular complexity index is 201. The van der Waals surface area contributed by atoms with Gasteiger partial charge in [0.15, 0.2) is 0 Å². The second-order valence-corrected chi connectivity index (χ2v) is 1.39. The number of hydrogen-bond donors (Lipinski definition) is 7. The molecule has 11 N–H and O–H groups in total. The van der Waals surface area contributed by atoms with Crippen LogP contribution in [0, 0.1) is 11.5 Å². The molecule has 0 bridgehead atoms. The minimum Gasteiger partial charge on any atom is -0.402 e. The molecule has 0 atom stereocenters. The molecule has 0 radical (unpaired) electrons. The molecule has 11 heteroatoms. The van der Waals surface area contributed by atoms with Crippen molar-refractivity contribution < 1.29 is 19.9 Å². The Labute approximate surface area is 79.6 Å². The molecule has 2 amide bonds. The summed E-state index contributed by atoms with van der Waals surface area (Å²) in [7, 11) is -2.17. The van der Waals surface area contributed by atoms with Crippen molar-refractivity contribution in [3.8, 4) is 6.19 Å². The first-order valence-electron chi connectivity index (χ1n) is 2.80. The van der Waals surface area contributed by atoms with E-state index < -0.39 is 13.4 Å². The molecule has 14 heavy (non-hydrogen) atoms. The van der Waals surface area contributed by atoms with Crippen LogP contribution in [0.5, 0.6) is 0 Å². The Balaban J connectivity index is -0.000000135. The zero-order valence-corrected chi connectivity index (χ0v) is 7.03. The van der Waals surface area contributed by atoms with Crippen molar-refractivity contribution in [1.82, 2.24) is 0 Å². The Morgan fingerprint density at radius 1 is 1.21 bits per heavy atom. The molecule has 0 rings (SSSR count). The molecule has 0 aliphatic carbocycles. The van der Waals surface area contributed by atoms with Crippen LogP contribution in [0.25, 0.3) is 0 Å². The van der Waals surface area contributed by atoms with Gasteiger partial charge >= 0.3 is 13.4 Å². The molecule has 0 aliphatic rings. The van der Waals surface area contributed by atoms with E-state index >= 15 is 0 Å². The Kier molecular flexibility index (Phi) is 17.3. The van der Waals surface area contributed by atoms with E-state index in [0.717, 1.165) is 0 Å². The number of aliphatic imine (C=N–C) groups is 1. The van der Waals surface area contributed by atoms with E-state index in [1.54, 1.807) is 0 Å². The van der Waals surface area contributed by atoms with Crippen LogP contribution < -0.4 is 22.9 Å². The zero-order valence-electron chi connectivity index (χ0n) is 7.03. The lowest BCUT2D eigenvalue weighted by Gasteiger charge is -1.74. The molecule has 0 spiro atoms. The minimum atomic E-state index is -2.17. The Morgan fingerprint density at radius 2 is 1.43 bits per heavy atom. The lowest BCUT2D eigenvalue weighted by Crippen LogP contribution is -2.21. The highest BCUT2D eigenvalue weighted by Crippen LogP contribution is 1.49. The van der Waals surface area contributed by atoms with Gasteiger partial charge in [0, 0.05) is 0 Å². The fraction of sp³-hybridized carbons (Fsp3) is 0. The average Bonchev–Trinajstić information content (AvgIpc) is 1.82. The first-order chi connectivity index (χ1) is 6.23. The normalized spacial score (nSPS) is 6.14. The molecule has 0 aromatic rings. The van der Waals surface area contributed by atoms with Crippen LogP contribution in [0.3, 0.4) is 0 Å². The van der Waals surface area contributed by atoms with Crippen LogP contribution in [0.4, 0.5) is 4.79 Å². The molecule has 0 aromatic heterocycles. The third kappa shape index (κ3) is 845. The summed E-state index contributed by atoms with van der Waals surface area (Å²) in [5.41, 5.74) is 17.9. The number of hydrogen-bond acceptors (Lipinski definition) is 6. The maximum absolute atomic E-state index is 9.00. The lowest BCUT2D eigenvalue weighted by atomic mass is 10.3. The van der Waals surface area contributed by atoms with E-state index in [9.17, 15) is 0 Å². The predicted octanol–water partition coefficient (Wildman–Crippen LogP) is -4.29. The highest BCUT2D eigenvalue weighted by Gasteiger charge is 1.92. The Hall–Kier alpha value is -2.03. The van der Waals surface area contributed by atoms with Gasteiger partial charge in [-0.1, -0.05) is 0 Å². The zero-order chi connectivity index (χ0) is 12.1. The first-order valence-corrected chi connectivity index (χ1v) is 2.80. The summed E-state index contributed by atoms with van der Waals surface area (Å²) in [5, 5.41) is 29.1. The smallest absolute Gasteiger partial charge is 0.402 e. The summed E-state index contributed by atoms with van der Waals surface area (Å²) in [6.45, 7) is 0. The summed E-state index contributed by atoms with van der Waals surface area (Å²) in [6, 6.07) is -0.833. The molecular weight excluding hydrogens is 195 g/mol. The molecule has 0 aromatic carbocycles. The summed E-state index contributed by atoms with van der Waals surface area (Å²) < 4.78 is 0. The van der Waals surface area contributed by atoms with Gasteiger partial charge in [0.2, 0.25) is 12.2 Å². The second-order valence-electron chi connectivity index (χ2n) is 1.39. The van der Waals surface area contributed by atoms with Crippen LogP contribution in [-0.4, -0.2) is 34.4 Å². The van der Waals surface area contributed by atoms with E-state index in [1.807, 2.05) is 0 Å². The Morgan fingerprint density at radius 3 is 1.43 bits per heavy atom. The molecule has 10 nitrogen and oxygen atoms in total. The molecule has 0 saturated carbocycles. The van der Waals surface area contributed by atoms with E-state index in [2.05, 4.69) is 16.5 Å². The molecule has 0 fully saturated rings. The van der Waals surface area contributed by atoms with Crippen LogP contribution in [0.15, 0.2) is 4.99 Å². The van der Waals surface area contributed by atoms with E-state index in [0.29, 0.717) is 0 Å². The van der Waals surface area contributed by atoms with Crippen molar-refractivity contribution in [3.63, 3.8) is 0 Å². The van der Waals surface area contributed by atoms with Gasteiger partial charge in [-0.25, -0.2) is 4.79 Å². The summed E-state index contributed by atoms with van der Waals surface area (Å²) in [6.07, 6.45) is 1.41. The molecular formula is C3H11BN6O4. The van der Waals surface area contributed by atoms with E-state index in [1.165, 1.54) is 6.19 Å². The quantitative estimate of drug-likeness (QED) is 0.0892. The predicted molar refractivity (Wildman–Crippen MR) is 47.6 cm³/mol. The number of amides is 2. The van der Waals surface area contributed by atoms with Gasteiger partial charge in [0.1, 0.15) is 0 Å². The highest BCUT2D eigenvalue weighted by atomic mass is 16.5. The third-order valence-electron chi connectivity index (χ3n) is 0.179. The van der Waals surface area contributed by atoms with Crippen molar-refractivity contribution in [1.29, 1.82) is 5.26 Å². The summed E-state index contributed by atoms with van der Waals surface area (Å²) in [5.74, 6) is -0.197. The van der Waals surface area contributed by atoms with E-state index in [-0.39, 0.29) is 5.96 Å². The van der Waals surface area contributed by atoms with Crippen molar-refractivity contribution >= 4 is 19.3 Å². The highest BCUT2D eigenvalue weighted by molar-refractivity contribution is 6.30. The number of carbonyl (C=O) groups excluding carboxylic acids is 1. The topological polar surface area (TPSA) is 218 Å². The SMILES string of the molecule is N#CN=C(N)N.NC(N)=O.OB(O)O. The summed E-state index contributed by atoms with van der Waals surface area (Å²) >= 11 is 0. The van der Waals surface area contributed by atoms with Gasteiger partial charge in [-0.3, -0.25) is 0 Å². The van der Waals surface area contributed by atoms with Crippen molar-refractivity contribution in [2.45, 2.75) is 0 Å². The maximum Gasteiger partial charge on any atom is 0.631 e. The van der Waals surface area contributed by atoms with Crippen LogP contribution in [0.2, 0.25) is 0 Å². The van der Waals surface area contributed by atoms with E-state index in [4.69, 9.17) is 36.6 Å². The van der Waals surface area contributed by atoms with Crippen molar-refractivity contribution in [2.75, 3.05) is 0 Å². The lowest BCUT2D eigenvalue weighted by molar-refractivity contribution is 0.256. The van der Waals surface area contributed by atoms with Gasteiger partial charge in [-0.2, -0.15) is 5.26 Å². The van der Waals surface area contributed by atoms with Crippen molar-refractivity contribution in [3.05, 3.63) is 0 Å². The minimum absolute atomic E-state index is 0.197. The number of nitriles is 1. The number of guanidine groups is 1. The number of carbonyl (C=O) groups is 1. The first kappa shape index (κ1) is 17.9. The van der Waals surface area contributed by atoms with Gasteiger partial charge in [0.25, 0.3) is 0 Å². The molecule has 0 aliphatic heterocycles. The van der Waals surface area contributed by atoms with Crippen LogP contribution in [-0.2, 0) is 0 Å². The van der Waals surface area contributed by atoms with Gasteiger partial charge < -0.3 is 38.0 Å². The fourth-order valence-electron chi connectivity index (χ4n) is 0.0577. The summed E-state index contributed by atoms with van der Waals surface area (Å²) in [4.78, 5) is 11.9. The number of urea groups is 1. The third-order valence-corrected chi connectivity index (χ3v) is 0.179. The van der Waals surface area contributed by atoms with Crippen LogP contribution in [0.1, 0.15) is 0 Å². The molecule has 0 unspecified atom stereocenters. The molecule has 80 valence electrons. The van der Waals surface area contributed by atoms with Crippen molar-refractivity contribution in [2.24, 2.45) is 27.9 Å². The largest absolute Gasteiger partial charge is 0.631 e.